The Hall–Kier alpha value is -1.84. The molecule has 0 fully saturated rings. The summed E-state index contributed by atoms with van der Waals surface area (Å²) in [6, 6.07) is 18.2. The van der Waals surface area contributed by atoms with Gasteiger partial charge in [-0.25, -0.2) is 0 Å². The van der Waals surface area contributed by atoms with Gasteiger partial charge in [-0.15, -0.1) is 0 Å². The van der Waals surface area contributed by atoms with Crippen molar-refractivity contribution < 1.29 is 13.2 Å². The first-order valence-electron chi connectivity index (χ1n) is 6.36. The van der Waals surface area contributed by atoms with Gasteiger partial charge < -0.3 is 0 Å². The molecule has 114 valence electrons. The van der Waals surface area contributed by atoms with Crippen LogP contribution in [0, 0.1) is 0 Å². The van der Waals surface area contributed by atoms with Gasteiger partial charge >= 0.3 is 102 Å². The Balaban J connectivity index is 0.000000335. The van der Waals surface area contributed by atoms with Crippen molar-refractivity contribution in [3.8, 4) is 0 Å². The zero-order chi connectivity index (χ0) is 16.6. The van der Waals surface area contributed by atoms with Gasteiger partial charge in [0.2, 0.25) is 0 Å². The van der Waals surface area contributed by atoms with E-state index < -0.39 is 14.0 Å². The minimum atomic E-state index is -3.41. The zero-order valence-corrected chi connectivity index (χ0v) is 14.8. The van der Waals surface area contributed by atoms with Crippen LogP contribution in [-0.4, -0.2) is 30.0 Å². The van der Waals surface area contributed by atoms with Crippen molar-refractivity contribution in [1.82, 2.24) is 0 Å². The van der Waals surface area contributed by atoms with E-state index >= 15 is 0 Å². The van der Waals surface area contributed by atoms with E-state index in [1.54, 1.807) is 34.8 Å². The molecule has 0 aliphatic heterocycles. The van der Waals surface area contributed by atoms with E-state index in [9.17, 15) is 13.2 Å². The van der Waals surface area contributed by atoms with Gasteiger partial charge in [-0.3, -0.25) is 0 Å². The van der Waals surface area contributed by atoms with E-state index in [2.05, 4.69) is 11.9 Å². The molecule has 1 amide bonds. The number of carbonyl (C=O) groups is 1. The number of anilines is 1. The number of hydrogen-bond donors (Lipinski definition) is 1. The molecule has 0 atom stereocenters. The predicted molar refractivity (Wildman–Crippen MR) is 89.3 cm³/mol. The number of para-hydroxylation sites is 1. The third kappa shape index (κ3) is 6.29. The first-order valence-corrected chi connectivity index (χ1v) is 10.1. The van der Waals surface area contributed by atoms with Gasteiger partial charge in [0.25, 0.3) is 0 Å². The second-order valence-electron chi connectivity index (χ2n) is 4.36. The molecule has 0 bridgehead atoms. The molecule has 1 N–H and O–H groups in total. The zero-order valence-electron chi connectivity index (χ0n) is 12.1. The van der Waals surface area contributed by atoms with E-state index in [0.29, 0.717) is 5.57 Å². The van der Waals surface area contributed by atoms with Gasteiger partial charge in [0, 0.05) is 0 Å². The molecular weight excluding hydrogens is 361 g/mol. The fourth-order valence-corrected chi connectivity index (χ4v) is 3.06. The number of rotatable bonds is 3. The molecule has 0 aliphatic carbocycles. The molecule has 22 heavy (non-hydrogen) atoms. The fraction of sp³-hybridized carbons (Fsp3) is 0.0625. The number of benzene rings is 2. The van der Waals surface area contributed by atoms with Crippen LogP contribution in [0.25, 0.3) is 0 Å². The third-order valence-electron chi connectivity index (χ3n) is 2.47. The molecule has 2 rings (SSSR count). The van der Waals surface area contributed by atoms with E-state index in [4.69, 9.17) is 0 Å². The minimum absolute atomic E-state index is 0.0737. The summed E-state index contributed by atoms with van der Waals surface area (Å²) in [5.74, 6) is -0.399. The molecule has 0 unspecified atom stereocenters. The fourth-order valence-electron chi connectivity index (χ4n) is 1.41. The van der Waals surface area contributed by atoms with Crippen LogP contribution >= 0.6 is 0 Å². The number of carbonyl (C=O) groups excluding carboxylic acids is 1. The molecule has 2 radical (unpaired) electrons. The molecule has 0 heterocycles. The van der Waals surface area contributed by atoms with Crippen LogP contribution in [0.1, 0.15) is 6.92 Å². The Morgan fingerprint density at radius 1 is 1.00 bits per heavy atom. The molecule has 0 aliphatic rings. The number of hydrogen-bond acceptors (Lipinski definition) is 3. The maximum atomic E-state index is 11.4. The second-order valence-corrected chi connectivity index (χ2v) is 8.78. The summed E-state index contributed by atoms with van der Waals surface area (Å²) >= 11 is 1.58. The average Bonchev–Trinajstić information content (AvgIpc) is 2.49. The third-order valence-corrected chi connectivity index (χ3v) is 4.62. The van der Waals surface area contributed by atoms with Crippen molar-refractivity contribution in [2.75, 3.05) is 5.32 Å². The van der Waals surface area contributed by atoms with Gasteiger partial charge in [0.05, 0.1) is 0 Å². The second kappa shape index (κ2) is 8.56. The van der Waals surface area contributed by atoms with Crippen molar-refractivity contribution >= 4 is 35.4 Å². The van der Waals surface area contributed by atoms with Gasteiger partial charge in [-0.05, 0) is 0 Å². The largest absolute Gasteiger partial charge is 0.0623 e. The van der Waals surface area contributed by atoms with E-state index in [-0.39, 0.29) is 10.6 Å². The summed E-state index contributed by atoms with van der Waals surface area (Å²) in [5, 5.41) is 2.49. The van der Waals surface area contributed by atoms with Crippen LogP contribution in [0.15, 0.2) is 77.7 Å². The van der Waals surface area contributed by atoms with Gasteiger partial charge in [0.1, 0.15) is 0 Å². The van der Waals surface area contributed by atoms with E-state index in [1.165, 1.54) is 12.1 Å². The molecule has 2 aromatic rings. The Morgan fingerprint density at radius 3 is 1.86 bits per heavy atom. The summed E-state index contributed by atoms with van der Waals surface area (Å²) in [4.78, 5) is 11.5. The topological polar surface area (TPSA) is 63.2 Å². The van der Waals surface area contributed by atoms with Gasteiger partial charge in [-0.2, -0.15) is 0 Å². The predicted octanol–water partition coefficient (Wildman–Crippen LogP) is 2.75. The normalized spacial score (nSPS) is 10.1. The maximum absolute atomic E-state index is 11.4. The molecule has 0 saturated carbocycles. The number of amides is 1. The molecule has 0 aromatic heterocycles. The van der Waals surface area contributed by atoms with Crippen LogP contribution in [0.4, 0.5) is 5.69 Å². The number of nitrogens with one attached hydrogen (secondary N) is 1. The van der Waals surface area contributed by atoms with Crippen molar-refractivity contribution in [3.05, 3.63) is 72.8 Å². The van der Waals surface area contributed by atoms with Crippen LogP contribution in [0.3, 0.4) is 0 Å². The summed E-state index contributed by atoms with van der Waals surface area (Å²) < 4.78 is 22.8. The minimum Gasteiger partial charge on any atom is -0.0623 e. The first-order chi connectivity index (χ1) is 10.3. The van der Waals surface area contributed by atoms with Crippen molar-refractivity contribution in [1.29, 1.82) is 0 Å². The Kier molecular flexibility index (Phi) is 7.09. The summed E-state index contributed by atoms with van der Waals surface area (Å²) in [6.45, 7) is 5.03. The summed E-state index contributed by atoms with van der Waals surface area (Å²) in [5.41, 5.74) is 0.578. The monoisotopic (exact) mass is 377 g/mol. The van der Waals surface area contributed by atoms with E-state index in [1.807, 2.05) is 36.4 Å². The molecular formula is C16H16AsNO3S. The Labute approximate surface area is 138 Å². The van der Waals surface area contributed by atoms with Crippen molar-refractivity contribution in [2.24, 2.45) is 0 Å². The average molecular weight is 377 g/mol. The van der Waals surface area contributed by atoms with Crippen molar-refractivity contribution in [3.63, 3.8) is 0 Å². The van der Waals surface area contributed by atoms with Gasteiger partial charge in [0.15, 0.2) is 0 Å². The molecule has 4 nitrogen and oxygen atoms in total. The SMILES string of the molecule is C=C(C)C(=O)Nc1ccccc1S(=O)(=O)[As].c1ccccc1. The van der Waals surface area contributed by atoms with E-state index in [0.717, 1.165) is 0 Å². The van der Waals surface area contributed by atoms with Crippen molar-refractivity contribution in [2.45, 2.75) is 11.8 Å². The summed E-state index contributed by atoms with van der Waals surface area (Å²) in [6.07, 6.45) is 0. The maximum Gasteiger partial charge on any atom is -0.0623 e. The standard InChI is InChI=1S/C10H10AsNO3S.C6H6/c1-7(2)10(13)12-8-5-3-4-6-9(8)16(11,14)15;1-2-4-6-5-3-1/h3-6H,1H2,2H3,(H,12,13);1-6H. The quantitative estimate of drug-likeness (QED) is 0.661. The van der Waals surface area contributed by atoms with Crippen LogP contribution in [0.2, 0.25) is 0 Å². The summed E-state index contributed by atoms with van der Waals surface area (Å²) in [7, 11) is -3.41. The molecule has 0 saturated heterocycles. The molecule has 6 heteroatoms. The molecule has 2 aromatic carbocycles. The van der Waals surface area contributed by atoms with Crippen LogP contribution < -0.4 is 5.32 Å². The van der Waals surface area contributed by atoms with Crippen LogP contribution in [-0.2, 0) is 12.9 Å². The first kappa shape index (κ1) is 18.2. The smallest absolute Gasteiger partial charge is 0.0623 e. The van der Waals surface area contributed by atoms with Gasteiger partial charge in [-0.1, -0.05) is 36.4 Å². The molecule has 0 spiro atoms. The Morgan fingerprint density at radius 2 is 1.45 bits per heavy atom. The Bertz CT molecular complexity index is 716. The van der Waals surface area contributed by atoms with Crippen LogP contribution in [0.5, 0.6) is 0 Å².